The van der Waals surface area contributed by atoms with Crippen LogP contribution in [0.3, 0.4) is 0 Å². The molecule has 0 atom stereocenters. The Kier molecular flexibility index (Phi) is 3.20. The molecule has 0 saturated heterocycles. The maximum Gasteiger partial charge on any atom is 0.307 e. The van der Waals surface area contributed by atoms with Crippen molar-refractivity contribution in [2.45, 2.75) is 6.42 Å². The topological polar surface area (TPSA) is 53.1 Å². The summed E-state index contributed by atoms with van der Waals surface area (Å²) in [7, 11) is 0. The highest BCUT2D eigenvalue weighted by molar-refractivity contribution is 6.30. The zero-order valence-electron chi connectivity index (χ0n) is 10.6. The normalized spacial score (nSPS) is 10.8. The molecule has 3 rings (SSSR count). The second kappa shape index (κ2) is 5.02. The Hall–Kier alpha value is -2.26. The van der Waals surface area contributed by atoms with Crippen molar-refractivity contribution in [1.29, 1.82) is 0 Å². The number of halogens is 1. The molecular weight excluding hydrogens is 274 g/mol. The molecule has 0 amide bonds. The number of aliphatic carboxylic acids is 1. The van der Waals surface area contributed by atoms with Gasteiger partial charge in [0, 0.05) is 22.1 Å². The van der Waals surface area contributed by atoms with E-state index < -0.39 is 5.97 Å². The van der Waals surface area contributed by atoms with E-state index in [9.17, 15) is 4.79 Å². The molecule has 0 aliphatic heterocycles. The van der Waals surface area contributed by atoms with Crippen LogP contribution in [0.1, 0.15) is 5.56 Å². The van der Waals surface area contributed by atoms with Gasteiger partial charge in [0.05, 0.1) is 6.42 Å². The van der Waals surface area contributed by atoms with E-state index in [4.69, 9.17) is 16.7 Å². The van der Waals surface area contributed by atoms with Crippen LogP contribution in [0.25, 0.3) is 22.0 Å². The summed E-state index contributed by atoms with van der Waals surface area (Å²) in [6, 6.07) is 13.6. The molecule has 3 nitrogen and oxygen atoms in total. The first kappa shape index (κ1) is 12.8. The van der Waals surface area contributed by atoms with Crippen molar-refractivity contribution in [1.82, 2.24) is 4.98 Å². The third-order valence-electron chi connectivity index (χ3n) is 3.27. The van der Waals surface area contributed by atoms with Crippen LogP contribution in [-0.4, -0.2) is 16.1 Å². The number of nitrogens with one attached hydrogen (secondary N) is 1. The molecular formula is C16H12ClNO2. The molecule has 0 aliphatic rings. The molecule has 1 heterocycles. The average Bonchev–Trinajstić information content (AvgIpc) is 2.80. The Bertz CT molecular complexity index is 792. The largest absolute Gasteiger partial charge is 0.481 e. The van der Waals surface area contributed by atoms with Gasteiger partial charge in [-0.25, -0.2) is 0 Å². The van der Waals surface area contributed by atoms with Crippen molar-refractivity contribution in [3.63, 3.8) is 0 Å². The van der Waals surface area contributed by atoms with Gasteiger partial charge in [-0.2, -0.15) is 0 Å². The fraction of sp³-hybridized carbons (Fsp3) is 0.0625. The van der Waals surface area contributed by atoms with E-state index >= 15 is 0 Å². The van der Waals surface area contributed by atoms with Crippen LogP contribution >= 0.6 is 11.6 Å². The van der Waals surface area contributed by atoms with Crippen LogP contribution in [0.4, 0.5) is 0 Å². The molecule has 0 fully saturated rings. The van der Waals surface area contributed by atoms with Crippen LogP contribution < -0.4 is 0 Å². The second-order valence-electron chi connectivity index (χ2n) is 4.66. The minimum Gasteiger partial charge on any atom is -0.481 e. The number of rotatable bonds is 3. The fourth-order valence-electron chi connectivity index (χ4n) is 2.34. The Morgan fingerprint density at radius 2 is 1.95 bits per heavy atom. The zero-order chi connectivity index (χ0) is 14.1. The highest BCUT2D eigenvalue weighted by Crippen LogP contribution is 2.28. The molecule has 20 heavy (non-hydrogen) atoms. The number of aromatic amines is 1. The molecule has 4 heteroatoms. The molecule has 0 radical (unpaired) electrons. The summed E-state index contributed by atoms with van der Waals surface area (Å²) in [6.07, 6.45) is 1.76. The van der Waals surface area contributed by atoms with Gasteiger partial charge in [-0.3, -0.25) is 4.79 Å². The van der Waals surface area contributed by atoms with Gasteiger partial charge in [0.2, 0.25) is 0 Å². The van der Waals surface area contributed by atoms with Gasteiger partial charge >= 0.3 is 5.97 Å². The molecule has 0 bridgehead atoms. The lowest BCUT2D eigenvalue weighted by Gasteiger charge is -2.03. The predicted molar refractivity (Wildman–Crippen MR) is 80.1 cm³/mol. The standard InChI is InChI=1S/C16H12ClNO2/c17-13-3-1-2-10(6-13)11-4-5-15-14(7-11)12(9-18-15)8-16(19)20/h1-7,9,18H,8H2,(H,19,20). The molecule has 100 valence electrons. The number of fused-ring (bicyclic) bond motifs is 1. The van der Waals surface area contributed by atoms with Gasteiger partial charge < -0.3 is 10.1 Å². The first-order valence-electron chi connectivity index (χ1n) is 6.21. The maximum atomic E-state index is 10.9. The van der Waals surface area contributed by atoms with E-state index in [2.05, 4.69) is 4.98 Å². The van der Waals surface area contributed by atoms with Gasteiger partial charge in [-0.05, 0) is 41.0 Å². The average molecular weight is 286 g/mol. The van der Waals surface area contributed by atoms with Crippen molar-refractivity contribution in [2.75, 3.05) is 0 Å². The minimum atomic E-state index is -0.834. The van der Waals surface area contributed by atoms with Crippen LogP contribution in [0.5, 0.6) is 0 Å². The van der Waals surface area contributed by atoms with Crippen molar-refractivity contribution >= 4 is 28.5 Å². The third-order valence-corrected chi connectivity index (χ3v) is 3.50. The number of carboxylic acids is 1. The summed E-state index contributed by atoms with van der Waals surface area (Å²) >= 11 is 6.01. The number of H-pyrrole nitrogens is 1. The summed E-state index contributed by atoms with van der Waals surface area (Å²) in [5.41, 5.74) is 3.76. The molecule has 0 unspecified atom stereocenters. The Labute approximate surface area is 120 Å². The fourth-order valence-corrected chi connectivity index (χ4v) is 2.53. The summed E-state index contributed by atoms with van der Waals surface area (Å²) < 4.78 is 0. The van der Waals surface area contributed by atoms with Crippen molar-refractivity contribution in [3.05, 3.63) is 59.2 Å². The van der Waals surface area contributed by atoms with Crippen molar-refractivity contribution in [2.24, 2.45) is 0 Å². The molecule has 0 saturated carbocycles. The van der Waals surface area contributed by atoms with Crippen LogP contribution in [0.2, 0.25) is 5.02 Å². The molecule has 2 N–H and O–H groups in total. The molecule has 0 aliphatic carbocycles. The van der Waals surface area contributed by atoms with Crippen LogP contribution in [-0.2, 0) is 11.2 Å². The number of hydrogen-bond donors (Lipinski definition) is 2. The van der Waals surface area contributed by atoms with E-state index in [0.717, 1.165) is 27.6 Å². The quantitative estimate of drug-likeness (QED) is 0.761. The summed E-state index contributed by atoms with van der Waals surface area (Å²) in [4.78, 5) is 14.0. The van der Waals surface area contributed by atoms with Gasteiger partial charge in [0.1, 0.15) is 0 Å². The molecule has 3 aromatic rings. The first-order chi connectivity index (χ1) is 9.63. The van der Waals surface area contributed by atoms with Gasteiger partial charge in [-0.15, -0.1) is 0 Å². The minimum absolute atomic E-state index is 0.0129. The Morgan fingerprint density at radius 3 is 2.70 bits per heavy atom. The monoisotopic (exact) mass is 285 g/mol. The van der Waals surface area contributed by atoms with E-state index in [1.54, 1.807) is 6.20 Å². The lowest BCUT2D eigenvalue weighted by atomic mass is 10.0. The summed E-state index contributed by atoms with van der Waals surface area (Å²) in [6.45, 7) is 0. The maximum absolute atomic E-state index is 10.9. The zero-order valence-corrected chi connectivity index (χ0v) is 11.3. The van der Waals surface area contributed by atoms with Gasteiger partial charge in [-0.1, -0.05) is 29.8 Å². The highest BCUT2D eigenvalue weighted by Gasteiger charge is 2.09. The summed E-state index contributed by atoms with van der Waals surface area (Å²) in [5.74, 6) is -0.834. The van der Waals surface area contributed by atoms with Crippen molar-refractivity contribution in [3.8, 4) is 11.1 Å². The first-order valence-corrected chi connectivity index (χ1v) is 6.59. The predicted octanol–water partition coefficient (Wildman–Crippen LogP) is 4.12. The Balaban J connectivity index is 2.11. The van der Waals surface area contributed by atoms with E-state index in [0.29, 0.717) is 5.02 Å². The summed E-state index contributed by atoms with van der Waals surface area (Å²) in [5, 5.41) is 10.6. The van der Waals surface area contributed by atoms with Gasteiger partial charge in [0.15, 0.2) is 0 Å². The number of aromatic nitrogens is 1. The molecule has 2 aromatic carbocycles. The number of carboxylic acid groups (broad SMARTS) is 1. The van der Waals surface area contributed by atoms with Crippen LogP contribution in [0, 0.1) is 0 Å². The van der Waals surface area contributed by atoms with Crippen LogP contribution in [0.15, 0.2) is 48.7 Å². The highest BCUT2D eigenvalue weighted by atomic mass is 35.5. The smallest absolute Gasteiger partial charge is 0.307 e. The third kappa shape index (κ3) is 2.40. The molecule has 0 spiro atoms. The lowest BCUT2D eigenvalue weighted by molar-refractivity contribution is -0.136. The van der Waals surface area contributed by atoms with E-state index in [1.165, 1.54) is 0 Å². The van der Waals surface area contributed by atoms with E-state index in [-0.39, 0.29) is 6.42 Å². The lowest BCUT2D eigenvalue weighted by Crippen LogP contribution is -1.98. The second-order valence-corrected chi connectivity index (χ2v) is 5.09. The number of carbonyl (C=O) groups is 1. The van der Waals surface area contributed by atoms with Gasteiger partial charge in [0.25, 0.3) is 0 Å². The van der Waals surface area contributed by atoms with E-state index in [1.807, 2.05) is 42.5 Å². The SMILES string of the molecule is O=C(O)Cc1c[nH]c2ccc(-c3cccc(Cl)c3)cc12. The Morgan fingerprint density at radius 1 is 1.15 bits per heavy atom. The molecule has 1 aromatic heterocycles. The van der Waals surface area contributed by atoms with Crippen molar-refractivity contribution < 1.29 is 9.90 Å². The number of benzene rings is 2. The number of hydrogen-bond acceptors (Lipinski definition) is 1.